The van der Waals surface area contributed by atoms with Crippen molar-refractivity contribution in [3.63, 3.8) is 0 Å². The van der Waals surface area contributed by atoms with E-state index in [1.54, 1.807) is 0 Å². The highest BCUT2D eigenvalue weighted by molar-refractivity contribution is 7.00. The van der Waals surface area contributed by atoms with Gasteiger partial charge in [0.1, 0.15) is 5.58 Å². The quantitative estimate of drug-likeness (QED) is 0.164. The van der Waals surface area contributed by atoms with Crippen LogP contribution in [0.4, 0.5) is 56.9 Å². The normalized spacial score (nSPS) is 23.1. The van der Waals surface area contributed by atoms with Gasteiger partial charge < -0.3 is 24.0 Å². The molecular formula is C79H77B2N4O. The highest BCUT2D eigenvalue weighted by atomic mass is 16.3. The van der Waals surface area contributed by atoms with Crippen molar-refractivity contribution in [1.29, 1.82) is 0 Å². The molecular weight excluding hydrogens is 1040 g/mol. The molecule has 0 N–H and O–H groups in total. The van der Waals surface area contributed by atoms with Gasteiger partial charge in [0.05, 0.1) is 16.8 Å². The zero-order chi connectivity index (χ0) is 58.8. The number of benzene rings is 9. The zero-order valence-electron chi connectivity index (χ0n) is 52.2. The van der Waals surface area contributed by atoms with Crippen LogP contribution >= 0.6 is 0 Å². The highest BCUT2D eigenvalue weighted by Crippen LogP contribution is 2.64. The van der Waals surface area contributed by atoms with Crippen LogP contribution in [0.3, 0.4) is 0 Å². The van der Waals surface area contributed by atoms with Gasteiger partial charge >= 0.3 is 0 Å². The topological polar surface area (TPSA) is 26.1 Å². The van der Waals surface area contributed by atoms with E-state index in [1.807, 2.05) is 0 Å². The molecule has 5 aliphatic heterocycles. The third-order valence-electron chi connectivity index (χ3n) is 23.1. The van der Waals surface area contributed by atoms with Crippen LogP contribution in [0.15, 0.2) is 174 Å². The Labute approximate surface area is 510 Å². The Balaban J connectivity index is 0.941. The minimum Gasteiger partial charge on any atom is -0.454 e. The van der Waals surface area contributed by atoms with Gasteiger partial charge in [-0.1, -0.05) is 195 Å². The summed E-state index contributed by atoms with van der Waals surface area (Å²) in [5.41, 5.74) is 30.0. The molecule has 425 valence electrons. The summed E-state index contributed by atoms with van der Waals surface area (Å²) in [4.78, 5) is 10.9. The molecule has 7 aliphatic rings. The fraction of sp³-hybridized carbons (Fsp3) is 0.316. The van der Waals surface area contributed by atoms with Crippen molar-refractivity contribution in [2.45, 2.75) is 160 Å². The largest absolute Gasteiger partial charge is 0.454 e. The van der Waals surface area contributed by atoms with E-state index < -0.39 is 0 Å². The number of nitrogens with zero attached hydrogens (tertiary/aromatic N) is 4. The molecule has 1 aromatic heterocycles. The molecule has 86 heavy (non-hydrogen) atoms. The average Bonchev–Trinajstić information content (AvgIpc) is 1.30. The first kappa shape index (κ1) is 52.4. The number of anilines is 10. The van der Waals surface area contributed by atoms with Gasteiger partial charge in [-0.05, 0) is 179 Å². The number of fused-ring (bicyclic) bond motifs is 16. The van der Waals surface area contributed by atoms with Crippen molar-refractivity contribution in [2.75, 3.05) is 19.6 Å². The first-order chi connectivity index (χ1) is 41.3. The van der Waals surface area contributed by atoms with Crippen molar-refractivity contribution < 1.29 is 4.42 Å². The SMILES string of the molecule is Cc1cc2c3c(c1)N(c1cccc4c1oc1ccccc14)c1cc(N4c5ccc(C(C)(C)C)cc5C5(C)CCCCC45C)ccc1B3c1ccc(N3c4ccc(C(C)(C)C)cc4C4(C)CCCCC34C)cc1N2c1cccc2c1[B]c1ccccc1-2. The lowest BCUT2D eigenvalue weighted by molar-refractivity contribution is 0.195. The van der Waals surface area contributed by atoms with Crippen LogP contribution in [0.2, 0.25) is 0 Å². The summed E-state index contributed by atoms with van der Waals surface area (Å²) in [6.07, 6.45) is 9.55. The minimum absolute atomic E-state index is 0.0138. The van der Waals surface area contributed by atoms with Crippen molar-refractivity contribution >= 4 is 120 Å². The van der Waals surface area contributed by atoms with Crippen LogP contribution in [0.25, 0.3) is 33.1 Å². The zero-order valence-corrected chi connectivity index (χ0v) is 52.2. The highest BCUT2D eigenvalue weighted by Gasteiger charge is 2.60. The van der Waals surface area contributed by atoms with Crippen LogP contribution < -0.4 is 46.9 Å². The Kier molecular flexibility index (Phi) is 10.8. The number of para-hydroxylation sites is 2. The Morgan fingerprint density at radius 2 is 0.965 bits per heavy atom. The number of hydrogen-bond acceptors (Lipinski definition) is 5. The molecule has 17 rings (SSSR count). The second-order valence-corrected chi connectivity index (χ2v) is 29.8. The van der Waals surface area contributed by atoms with Gasteiger partial charge in [-0.3, -0.25) is 0 Å². The second-order valence-electron chi connectivity index (χ2n) is 29.8. The van der Waals surface area contributed by atoms with Crippen LogP contribution in [0.1, 0.15) is 148 Å². The van der Waals surface area contributed by atoms with Gasteiger partial charge in [0.15, 0.2) is 12.9 Å². The first-order valence-corrected chi connectivity index (χ1v) is 32.2. The van der Waals surface area contributed by atoms with Crippen LogP contribution in [-0.2, 0) is 21.7 Å². The van der Waals surface area contributed by atoms with Crippen LogP contribution in [-0.4, -0.2) is 25.1 Å². The molecule has 2 fully saturated rings. The lowest BCUT2D eigenvalue weighted by atomic mass is 9.33. The molecule has 7 heteroatoms. The molecule has 0 spiro atoms. The van der Waals surface area contributed by atoms with Crippen molar-refractivity contribution in [3.05, 3.63) is 198 Å². The molecule has 10 aromatic rings. The Morgan fingerprint density at radius 3 is 1.57 bits per heavy atom. The number of aryl methyl sites for hydroxylation is 1. The first-order valence-electron chi connectivity index (χ1n) is 32.2. The summed E-state index contributed by atoms with van der Waals surface area (Å²) in [5, 5.41) is 2.26. The average molecular weight is 1120 g/mol. The lowest BCUT2D eigenvalue weighted by Crippen LogP contribution is -2.62. The van der Waals surface area contributed by atoms with E-state index in [4.69, 9.17) is 4.42 Å². The summed E-state index contributed by atoms with van der Waals surface area (Å²) in [7, 11) is 2.44. The molecule has 9 aromatic carbocycles. The standard InChI is InChI=1S/C79H77B2N4O/c1-48-42-68-72-69(43-48)83(65-28-21-25-56-54-23-13-15-29-70(54)86-73(56)65)67-47-52(85-63-37-31-50(75(5,6)7)45-58(63)77(9)39-17-19-41-79(77,85)11)33-35-61(67)81(72)60-34-32-51(46-66(60)82(68)64-27-20-24-55-53-22-12-14-26-59(53)80-71(55)64)84-62-36-30-49(74(2,3)4)44-57(62)76(8)38-16-18-40-78(76,84)10/h12-15,20-37,42-47H,16-19,38-41H2,1-11H3. The molecule has 0 bridgehead atoms. The van der Waals surface area contributed by atoms with E-state index in [-0.39, 0.29) is 39.5 Å². The van der Waals surface area contributed by atoms with Gasteiger partial charge in [-0.15, -0.1) is 0 Å². The Morgan fingerprint density at radius 1 is 0.453 bits per heavy atom. The summed E-state index contributed by atoms with van der Waals surface area (Å²) in [6, 6.07) is 66.6. The van der Waals surface area contributed by atoms with Gasteiger partial charge in [-0.2, -0.15) is 0 Å². The molecule has 2 aliphatic carbocycles. The number of rotatable bonds is 4. The fourth-order valence-corrected chi connectivity index (χ4v) is 18.2. The van der Waals surface area contributed by atoms with Crippen LogP contribution in [0, 0.1) is 6.92 Å². The molecule has 6 heterocycles. The van der Waals surface area contributed by atoms with E-state index in [2.05, 4.69) is 273 Å². The maximum Gasteiger partial charge on any atom is 0.252 e. The number of hydrogen-bond donors (Lipinski definition) is 0. The van der Waals surface area contributed by atoms with Gasteiger partial charge in [0.25, 0.3) is 6.71 Å². The third kappa shape index (κ3) is 6.86. The molecule has 4 atom stereocenters. The number of furan rings is 1. The molecule has 1 radical (unpaired) electrons. The fourth-order valence-electron chi connectivity index (χ4n) is 18.2. The Hall–Kier alpha value is -7.89. The molecule has 0 saturated heterocycles. The van der Waals surface area contributed by atoms with E-state index in [1.165, 1.54) is 156 Å². The second kappa shape index (κ2) is 17.6. The maximum absolute atomic E-state index is 7.13. The predicted octanol–water partition coefficient (Wildman–Crippen LogP) is 17.7. The predicted molar refractivity (Wildman–Crippen MR) is 366 cm³/mol. The summed E-state index contributed by atoms with van der Waals surface area (Å²) >= 11 is 0. The summed E-state index contributed by atoms with van der Waals surface area (Å²) < 4.78 is 7.13. The summed E-state index contributed by atoms with van der Waals surface area (Å²) in [6.45, 7) is 26.8. The lowest BCUT2D eigenvalue weighted by Gasteiger charge is -2.51. The van der Waals surface area contributed by atoms with Gasteiger partial charge in [0, 0.05) is 72.8 Å². The third-order valence-corrected chi connectivity index (χ3v) is 23.1. The van der Waals surface area contributed by atoms with Crippen molar-refractivity contribution in [3.8, 4) is 11.1 Å². The van der Waals surface area contributed by atoms with Gasteiger partial charge in [0.2, 0.25) is 0 Å². The molecule has 5 nitrogen and oxygen atoms in total. The summed E-state index contributed by atoms with van der Waals surface area (Å²) in [5.74, 6) is 0. The minimum atomic E-state index is -0.132. The van der Waals surface area contributed by atoms with Crippen molar-refractivity contribution in [2.24, 2.45) is 0 Å². The monoisotopic (exact) mass is 1120 g/mol. The van der Waals surface area contributed by atoms with E-state index >= 15 is 0 Å². The van der Waals surface area contributed by atoms with E-state index in [0.29, 0.717) is 0 Å². The maximum atomic E-state index is 7.13. The van der Waals surface area contributed by atoms with Crippen molar-refractivity contribution in [1.82, 2.24) is 0 Å². The Bertz CT molecular complexity index is 4580. The smallest absolute Gasteiger partial charge is 0.252 e. The van der Waals surface area contributed by atoms with E-state index in [0.717, 1.165) is 40.5 Å². The van der Waals surface area contributed by atoms with Gasteiger partial charge in [-0.25, -0.2) is 0 Å². The van der Waals surface area contributed by atoms with Crippen LogP contribution in [0.5, 0.6) is 0 Å². The van der Waals surface area contributed by atoms with E-state index in [9.17, 15) is 0 Å². The molecule has 0 amide bonds. The molecule has 4 unspecified atom stereocenters. The molecule has 2 saturated carbocycles.